The van der Waals surface area contributed by atoms with Crippen LogP contribution in [0.4, 0.5) is 5.69 Å². The number of thioether (sulfide) groups is 1. The molecule has 0 fully saturated rings. The van der Waals surface area contributed by atoms with Gasteiger partial charge >= 0.3 is 0 Å². The molecule has 254 valence electrons. The minimum Gasteiger partial charge on any atom is -0.503 e. The lowest BCUT2D eigenvalue weighted by atomic mass is 9.75. The third-order valence-electron chi connectivity index (χ3n) is 7.34. The number of hydrogen-bond acceptors (Lipinski definition) is 4. The van der Waals surface area contributed by atoms with Gasteiger partial charge in [-0.25, -0.2) is 4.98 Å². The fourth-order valence-electron chi connectivity index (χ4n) is 4.74. The van der Waals surface area contributed by atoms with Gasteiger partial charge in [0.1, 0.15) is 5.75 Å². The molecule has 5 heteroatoms. The van der Waals surface area contributed by atoms with E-state index in [9.17, 15) is 0 Å². The quantitative estimate of drug-likeness (QED) is 0.166. The number of hydrogen-bond donors (Lipinski definition) is 1. The molecule has 2 aromatic carbocycles. The van der Waals surface area contributed by atoms with Crippen LogP contribution in [0.25, 0.3) is 0 Å². The maximum absolute atomic E-state index is 8.60. The van der Waals surface area contributed by atoms with Gasteiger partial charge in [-0.2, -0.15) is 0 Å². The molecule has 1 aromatic heterocycles. The van der Waals surface area contributed by atoms with E-state index in [0.717, 1.165) is 18.8 Å². The van der Waals surface area contributed by atoms with Crippen LogP contribution in [0.15, 0.2) is 78.0 Å². The van der Waals surface area contributed by atoms with Crippen LogP contribution in [-0.4, -0.2) is 31.6 Å². The lowest BCUT2D eigenvalue weighted by Crippen LogP contribution is -2.24. The standard InChI is InChI=1S/C20H33NS.C10H14O.C5H5NO.C2H6.2C2H2/c1-5-7-12-20(13-8-6-2)14-11-17-15-18(21(3)4)9-10-19(17)22-16-20;1-2-3-9-11-10-7-5-4-6-8-10;7-5-2-1-3-6-4-5;3*1-2/h9-10,15H,5-8,11-14,16H2,1-4H3;4-8H,2-3,9H2,1H3;1-4,7H;1-2H3;2*1-2H/p+1. The number of nitrogens with one attached hydrogen (secondary N) is 1. The van der Waals surface area contributed by atoms with E-state index in [-0.39, 0.29) is 5.75 Å². The van der Waals surface area contributed by atoms with Crippen molar-refractivity contribution in [2.45, 2.75) is 104 Å². The van der Waals surface area contributed by atoms with Gasteiger partial charge in [-0.05, 0) is 79.5 Å². The topological polar surface area (TPSA) is 46.8 Å². The molecular weight excluding hydrogens is 585 g/mol. The second-order valence-electron chi connectivity index (χ2n) is 11.0. The van der Waals surface area contributed by atoms with Gasteiger partial charge in [0.25, 0.3) is 0 Å². The highest BCUT2D eigenvalue weighted by atomic mass is 32.2. The van der Waals surface area contributed by atoms with Crippen molar-refractivity contribution < 1.29 is 14.8 Å². The van der Waals surface area contributed by atoms with Gasteiger partial charge in [-0.1, -0.05) is 84.9 Å². The van der Waals surface area contributed by atoms with E-state index in [0.29, 0.717) is 5.41 Å². The van der Waals surface area contributed by atoms with Crippen molar-refractivity contribution in [2.24, 2.45) is 5.41 Å². The number of unbranched alkanes of at least 4 members (excludes halogenated alkanes) is 3. The molecule has 1 aliphatic heterocycles. The smallest absolute Gasteiger partial charge is 0.209 e. The average Bonchev–Trinajstić information content (AvgIpc) is 3.30. The second kappa shape index (κ2) is 30.1. The number of rotatable bonds is 11. The molecule has 4 rings (SSSR count). The normalized spacial score (nSPS) is 11.9. The number of aromatic amines is 1. The van der Waals surface area contributed by atoms with Crippen LogP contribution in [0.5, 0.6) is 11.5 Å². The maximum Gasteiger partial charge on any atom is 0.209 e. The Labute approximate surface area is 287 Å². The predicted molar refractivity (Wildman–Crippen MR) is 204 cm³/mol. The van der Waals surface area contributed by atoms with Gasteiger partial charge in [0.15, 0.2) is 11.9 Å². The molecule has 0 amide bonds. The summed E-state index contributed by atoms with van der Waals surface area (Å²) in [7, 11) is 4.27. The van der Waals surface area contributed by atoms with Gasteiger partial charge in [0, 0.05) is 36.5 Å². The first-order chi connectivity index (χ1) is 22.4. The fraction of sp³-hybridized carbons (Fsp3) is 0.488. The van der Waals surface area contributed by atoms with Crippen molar-refractivity contribution >= 4 is 17.4 Å². The van der Waals surface area contributed by atoms with Crippen LogP contribution in [0, 0.1) is 31.1 Å². The Bertz CT molecular complexity index is 1120. The predicted octanol–water partition coefficient (Wildman–Crippen LogP) is 10.8. The van der Waals surface area contributed by atoms with E-state index >= 15 is 0 Å². The number of aromatic nitrogens is 1. The van der Waals surface area contributed by atoms with Gasteiger partial charge in [0.2, 0.25) is 6.20 Å². The van der Waals surface area contributed by atoms with E-state index in [2.05, 4.69) is 100 Å². The Morgan fingerprint density at radius 3 is 1.93 bits per heavy atom. The van der Waals surface area contributed by atoms with Gasteiger partial charge in [-0.15, -0.1) is 37.5 Å². The highest BCUT2D eigenvalue weighted by Gasteiger charge is 2.31. The van der Waals surface area contributed by atoms with Crippen molar-refractivity contribution in [2.75, 3.05) is 31.4 Å². The molecule has 2 heterocycles. The summed E-state index contributed by atoms with van der Waals surface area (Å²) >= 11 is 2.12. The lowest BCUT2D eigenvalue weighted by Gasteiger charge is -2.32. The van der Waals surface area contributed by atoms with Crippen molar-refractivity contribution in [1.29, 1.82) is 0 Å². The minimum absolute atomic E-state index is 0.266. The average molecular weight is 648 g/mol. The van der Waals surface area contributed by atoms with Crippen molar-refractivity contribution in [3.8, 4) is 37.2 Å². The van der Waals surface area contributed by atoms with E-state index in [4.69, 9.17) is 9.84 Å². The minimum atomic E-state index is 0.266. The number of pyridine rings is 1. The van der Waals surface area contributed by atoms with Gasteiger partial charge in [-0.3, -0.25) is 0 Å². The molecule has 46 heavy (non-hydrogen) atoms. The molecule has 3 aromatic rings. The third kappa shape index (κ3) is 19.8. The van der Waals surface area contributed by atoms with Crippen LogP contribution in [0.2, 0.25) is 0 Å². The molecule has 0 unspecified atom stereocenters. The number of fused-ring (bicyclic) bond motifs is 1. The van der Waals surface area contributed by atoms with Crippen molar-refractivity contribution in [1.82, 2.24) is 0 Å². The Balaban J connectivity index is 0. The summed E-state index contributed by atoms with van der Waals surface area (Å²) in [4.78, 5) is 6.46. The first-order valence-corrected chi connectivity index (χ1v) is 17.8. The molecule has 0 spiro atoms. The zero-order valence-electron chi connectivity index (χ0n) is 29.9. The number of anilines is 1. The van der Waals surface area contributed by atoms with E-state index in [1.54, 1.807) is 23.9 Å². The SMILES string of the molecule is C#C.C#C.CC.CCCCC1(CCCC)CCc2cc(N(C)C)ccc2SC1.CCCCOc1ccccc1.Oc1ccc[nH+]c1. The summed E-state index contributed by atoms with van der Waals surface area (Å²) in [5.41, 5.74) is 3.49. The Morgan fingerprint density at radius 1 is 0.848 bits per heavy atom. The third-order valence-corrected chi connectivity index (χ3v) is 8.81. The highest BCUT2D eigenvalue weighted by molar-refractivity contribution is 7.99. The number of H-pyrrole nitrogens is 1. The maximum atomic E-state index is 8.60. The van der Waals surface area contributed by atoms with Crippen LogP contribution >= 0.6 is 11.8 Å². The fourth-order valence-corrected chi connectivity index (χ4v) is 6.15. The molecule has 0 atom stereocenters. The van der Waals surface area contributed by atoms with Gasteiger partial charge in [0.05, 0.1) is 6.61 Å². The Hall–Kier alpha value is -3.54. The number of aryl methyl sites for hydroxylation is 1. The number of aromatic hydroxyl groups is 1. The molecule has 1 aliphatic rings. The van der Waals surface area contributed by atoms with Gasteiger partial charge < -0.3 is 14.7 Å². The number of ether oxygens (including phenoxy) is 1. The summed E-state index contributed by atoms with van der Waals surface area (Å²) in [6.07, 6.45) is 32.5. The molecule has 4 nitrogen and oxygen atoms in total. The summed E-state index contributed by atoms with van der Waals surface area (Å²) in [6, 6.07) is 20.3. The zero-order chi connectivity index (χ0) is 35.1. The molecule has 0 aliphatic carbocycles. The number of terminal acetylenes is 2. The van der Waals surface area contributed by atoms with Crippen LogP contribution < -0.4 is 14.6 Å². The van der Waals surface area contributed by atoms with Crippen LogP contribution in [0.3, 0.4) is 0 Å². The Kier molecular flexibility index (Phi) is 29.2. The monoisotopic (exact) mass is 647 g/mol. The number of nitrogens with zero attached hydrogens (tertiary/aromatic N) is 1. The summed E-state index contributed by atoms with van der Waals surface area (Å²) in [6.45, 7) is 11.7. The summed E-state index contributed by atoms with van der Waals surface area (Å²) < 4.78 is 5.45. The molecule has 2 N–H and O–H groups in total. The van der Waals surface area contributed by atoms with Crippen molar-refractivity contribution in [3.05, 3.63) is 78.6 Å². The van der Waals surface area contributed by atoms with E-state index in [1.807, 2.05) is 44.2 Å². The van der Waals surface area contributed by atoms with Crippen molar-refractivity contribution in [3.63, 3.8) is 0 Å². The number of benzene rings is 2. The van der Waals surface area contributed by atoms with E-state index < -0.39 is 0 Å². The first-order valence-electron chi connectivity index (χ1n) is 16.9. The second-order valence-corrected chi connectivity index (χ2v) is 12.0. The number of para-hydroxylation sites is 1. The Morgan fingerprint density at radius 2 is 1.46 bits per heavy atom. The van der Waals surface area contributed by atoms with Crippen LogP contribution in [-0.2, 0) is 6.42 Å². The molecule has 0 saturated heterocycles. The first kappa shape index (κ1) is 44.6. The van der Waals surface area contributed by atoms with Crippen LogP contribution in [0.1, 0.15) is 98.0 Å². The molecule has 0 radical (unpaired) electrons. The summed E-state index contributed by atoms with van der Waals surface area (Å²) in [5, 5.41) is 8.60. The molecule has 0 saturated carbocycles. The zero-order valence-corrected chi connectivity index (χ0v) is 30.8. The molecular formula is C41H63N2O2S+. The summed E-state index contributed by atoms with van der Waals surface area (Å²) in [5.74, 6) is 2.56. The molecule has 0 bridgehead atoms. The lowest BCUT2D eigenvalue weighted by molar-refractivity contribution is -0.379. The highest BCUT2D eigenvalue weighted by Crippen LogP contribution is 2.45. The van der Waals surface area contributed by atoms with E-state index in [1.165, 1.54) is 80.3 Å². The largest absolute Gasteiger partial charge is 0.503 e.